The summed E-state index contributed by atoms with van der Waals surface area (Å²) in [7, 11) is 0. The van der Waals surface area contributed by atoms with Crippen molar-refractivity contribution in [2.45, 2.75) is 25.8 Å². The Morgan fingerprint density at radius 1 is 1.21 bits per heavy atom. The van der Waals surface area contributed by atoms with E-state index in [-0.39, 0.29) is 18.0 Å². The number of amides is 3. The number of carbonyl (C=O) groups is 2. The molecule has 148 valence electrons. The summed E-state index contributed by atoms with van der Waals surface area (Å²) in [5.74, 6) is -0.148. The van der Waals surface area contributed by atoms with Gasteiger partial charge in [0.1, 0.15) is 9.71 Å². The molecular weight excluding hydrogens is 386 g/mol. The van der Waals surface area contributed by atoms with E-state index in [2.05, 4.69) is 20.9 Å². The minimum atomic E-state index is -0.275. The molecule has 3 aromatic rings. The smallest absolute Gasteiger partial charge is 0.331 e. The van der Waals surface area contributed by atoms with Crippen LogP contribution in [0.5, 0.6) is 0 Å². The van der Waals surface area contributed by atoms with Gasteiger partial charge in [-0.1, -0.05) is 17.7 Å². The number of pyridine rings is 1. The molecule has 8 heteroatoms. The van der Waals surface area contributed by atoms with Gasteiger partial charge in [0.15, 0.2) is 0 Å². The maximum atomic E-state index is 13.0. The zero-order chi connectivity index (χ0) is 20.0. The van der Waals surface area contributed by atoms with Crippen molar-refractivity contribution in [1.82, 2.24) is 15.6 Å². The standard InChI is InChI=1S/C21H21N5O2S/c1-12-2-4-14(5-3-12)26-15-8-11-23-20-16(15)17(25-21(26)28)18(29-20)19(27)24-13-6-9-22-10-7-13/h2-5,8,11,13,22H,6-7,9-10H2,1H3,(H,24,27)(H,25,28). The molecule has 0 aliphatic carbocycles. The second-order valence-electron chi connectivity index (χ2n) is 7.42. The van der Waals surface area contributed by atoms with Crippen LogP contribution in [0, 0.1) is 6.92 Å². The van der Waals surface area contributed by atoms with Gasteiger partial charge in [-0.3, -0.25) is 9.69 Å². The molecule has 0 radical (unpaired) electrons. The summed E-state index contributed by atoms with van der Waals surface area (Å²) >= 11 is 1.32. The van der Waals surface area contributed by atoms with Crippen molar-refractivity contribution in [2.24, 2.45) is 0 Å². The summed E-state index contributed by atoms with van der Waals surface area (Å²) < 4.78 is 0. The van der Waals surface area contributed by atoms with Gasteiger partial charge >= 0.3 is 6.03 Å². The molecule has 1 aromatic carbocycles. The number of nitrogens with zero attached hydrogens (tertiary/aromatic N) is 2. The molecule has 0 bridgehead atoms. The van der Waals surface area contributed by atoms with Gasteiger partial charge in [0.05, 0.1) is 22.4 Å². The van der Waals surface area contributed by atoms with Gasteiger partial charge in [0, 0.05) is 12.2 Å². The quantitative estimate of drug-likeness (QED) is 0.617. The lowest BCUT2D eigenvalue weighted by Gasteiger charge is -2.28. The maximum Gasteiger partial charge on any atom is 0.331 e. The van der Waals surface area contributed by atoms with Crippen LogP contribution >= 0.6 is 11.3 Å². The van der Waals surface area contributed by atoms with Crippen LogP contribution in [-0.2, 0) is 0 Å². The van der Waals surface area contributed by atoms with Crippen LogP contribution in [0.25, 0.3) is 10.2 Å². The summed E-state index contributed by atoms with van der Waals surface area (Å²) in [5.41, 5.74) is 3.21. The summed E-state index contributed by atoms with van der Waals surface area (Å²) in [6.07, 6.45) is 3.50. The molecule has 0 unspecified atom stereocenters. The third-order valence-corrected chi connectivity index (χ3v) is 6.52. The van der Waals surface area contributed by atoms with Gasteiger partial charge in [-0.05, 0) is 51.1 Å². The number of thiophene rings is 1. The highest BCUT2D eigenvalue weighted by Crippen LogP contribution is 2.45. The zero-order valence-electron chi connectivity index (χ0n) is 16.0. The number of carbonyl (C=O) groups excluding carboxylic acids is 2. The van der Waals surface area contributed by atoms with E-state index in [9.17, 15) is 9.59 Å². The van der Waals surface area contributed by atoms with E-state index in [0.717, 1.165) is 53.1 Å². The summed E-state index contributed by atoms with van der Waals surface area (Å²) in [5, 5.41) is 10.2. The number of rotatable bonds is 3. The molecule has 1 saturated heterocycles. The number of hydrogen-bond donors (Lipinski definition) is 3. The first-order valence-corrected chi connectivity index (χ1v) is 10.5. The minimum Gasteiger partial charge on any atom is -0.348 e. The van der Waals surface area contributed by atoms with Crippen molar-refractivity contribution < 1.29 is 9.59 Å². The average molecular weight is 407 g/mol. The first kappa shape index (κ1) is 18.1. The van der Waals surface area contributed by atoms with Gasteiger partial charge in [-0.2, -0.15) is 0 Å². The van der Waals surface area contributed by atoms with Crippen LogP contribution in [0.2, 0.25) is 0 Å². The largest absolute Gasteiger partial charge is 0.348 e. The lowest BCUT2D eigenvalue weighted by atomic mass is 10.1. The Morgan fingerprint density at radius 3 is 2.72 bits per heavy atom. The Kier molecular flexibility index (Phi) is 4.44. The number of piperidine rings is 1. The Morgan fingerprint density at radius 2 is 1.97 bits per heavy atom. The summed E-state index contributed by atoms with van der Waals surface area (Å²) in [6.45, 7) is 3.81. The summed E-state index contributed by atoms with van der Waals surface area (Å²) in [6, 6.07) is 9.49. The number of aryl methyl sites for hydroxylation is 1. The number of benzene rings is 1. The van der Waals surface area contributed by atoms with E-state index < -0.39 is 0 Å². The first-order chi connectivity index (χ1) is 14.1. The fourth-order valence-corrected chi connectivity index (χ4v) is 4.93. The number of hydrogen-bond acceptors (Lipinski definition) is 5. The van der Waals surface area contributed by atoms with Crippen LogP contribution in [0.15, 0.2) is 36.5 Å². The Balaban J connectivity index is 1.56. The molecule has 2 aliphatic rings. The zero-order valence-corrected chi connectivity index (χ0v) is 16.8. The molecular formula is C21H21N5O2S. The highest BCUT2D eigenvalue weighted by atomic mass is 32.1. The highest BCUT2D eigenvalue weighted by Gasteiger charge is 2.33. The SMILES string of the molecule is Cc1ccc(N2C(=O)Nc3c(C(=O)NC4CCNCC4)sc4nccc2c34)cc1. The molecule has 1 fully saturated rings. The predicted octanol–water partition coefficient (Wildman–Crippen LogP) is 3.77. The van der Waals surface area contributed by atoms with E-state index in [0.29, 0.717) is 10.6 Å². The van der Waals surface area contributed by atoms with Crippen molar-refractivity contribution in [1.29, 1.82) is 0 Å². The molecule has 2 aromatic heterocycles. The molecule has 0 spiro atoms. The van der Waals surface area contributed by atoms with E-state index in [1.807, 2.05) is 37.3 Å². The van der Waals surface area contributed by atoms with Crippen molar-refractivity contribution >= 4 is 50.6 Å². The molecule has 3 amide bonds. The van der Waals surface area contributed by atoms with Gasteiger partial charge in [-0.25, -0.2) is 9.78 Å². The second kappa shape index (κ2) is 7.13. The van der Waals surface area contributed by atoms with E-state index in [1.165, 1.54) is 11.3 Å². The lowest BCUT2D eigenvalue weighted by Crippen LogP contribution is -2.42. The van der Waals surface area contributed by atoms with Crippen molar-refractivity contribution in [3.8, 4) is 0 Å². The molecule has 3 N–H and O–H groups in total. The molecule has 0 saturated carbocycles. The molecule has 5 rings (SSSR count). The van der Waals surface area contributed by atoms with E-state index in [1.54, 1.807) is 11.1 Å². The van der Waals surface area contributed by atoms with Gasteiger partial charge in [0.25, 0.3) is 5.91 Å². The number of nitrogens with one attached hydrogen (secondary N) is 3. The fraction of sp³-hybridized carbons (Fsp3) is 0.286. The van der Waals surface area contributed by atoms with E-state index in [4.69, 9.17) is 0 Å². The average Bonchev–Trinajstić information content (AvgIpc) is 3.10. The molecule has 2 aliphatic heterocycles. The number of aromatic nitrogens is 1. The van der Waals surface area contributed by atoms with Crippen molar-refractivity contribution in [3.63, 3.8) is 0 Å². The topological polar surface area (TPSA) is 86.4 Å². The Bertz CT molecular complexity index is 1100. The van der Waals surface area contributed by atoms with Crippen molar-refractivity contribution in [3.05, 3.63) is 47.0 Å². The third kappa shape index (κ3) is 3.14. The third-order valence-electron chi connectivity index (χ3n) is 5.42. The normalized spacial score (nSPS) is 16.7. The Hall–Kier alpha value is -2.97. The lowest BCUT2D eigenvalue weighted by molar-refractivity contribution is 0.0934. The van der Waals surface area contributed by atoms with Crippen LogP contribution in [0.3, 0.4) is 0 Å². The molecule has 29 heavy (non-hydrogen) atoms. The number of urea groups is 1. The monoisotopic (exact) mass is 407 g/mol. The second-order valence-corrected chi connectivity index (χ2v) is 8.41. The van der Waals surface area contributed by atoms with Crippen molar-refractivity contribution in [2.75, 3.05) is 23.3 Å². The Labute approximate surface area is 172 Å². The van der Waals surface area contributed by atoms with Crippen LogP contribution in [0.4, 0.5) is 21.9 Å². The highest BCUT2D eigenvalue weighted by molar-refractivity contribution is 7.21. The molecule has 7 nitrogen and oxygen atoms in total. The first-order valence-electron chi connectivity index (χ1n) is 9.72. The summed E-state index contributed by atoms with van der Waals surface area (Å²) in [4.78, 5) is 33.3. The minimum absolute atomic E-state index is 0.148. The van der Waals surface area contributed by atoms with Gasteiger partial charge < -0.3 is 16.0 Å². The van der Waals surface area contributed by atoms with E-state index >= 15 is 0 Å². The van der Waals surface area contributed by atoms with Crippen LogP contribution < -0.4 is 20.9 Å². The predicted molar refractivity (Wildman–Crippen MR) is 115 cm³/mol. The molecule has 0 atom stereocenters. The van der Waals surface area contributed by atoms with Gasteiger partial charge in [0.2, 0.25) is 0 Å². The fourth-order valence-electron chi connectivity index (χ4n) is 3.91. The van der Waals surface area contributed by atoms with Crippen LogP contribution in [-0.4, -0.2) is 36.1 Å². The number of anilines is 3. The van der Waals surface area contributed by atoms with Crippen LogP contribution in [0.1, 0.15) is 28.1 Å². The molecule has 4 heterocycles. The van der Waals surface area contributed by atoms with Gasteiger partial charge in [-0.15, -0.1) is 11.3 Å². The maximum absolute atomic E-state index is 13.0.